The highest BCUT2D eigenvalue weighted by Gasteiger charge is 2.37. The van der Waals surface area contributed by atoms with Gasteiger partial charge in [0.05, 0.1) is 12.3 Å². The molecule has 1 atom stereocenters. The number of carbonyl (C=O) groups excluding carboxylic acids is 2. The number of hydrogen-bond donors (Lipinski definition) is 0. The predicted octanol–water partition coefficient (Wildman–Crippen LogP) is 1.000. The Morgan fingerprint density at radius 1 is 1.67 bits per heavy atom. The maximum Gasteiger partial charge on any atom is 0.317 e. The summed E-state index contributed by atoms with van der Waals surface area (Å²) in [5.74, 6) is -1.30. The molecule has 2 rings (SSSR count). The molecule has 1 aromatic heterocycles. The van der Waals surface area contributed by atoms with Crippen LogP contribution in [-0.4, -0.2) is 23.3 Å². The molecule has 0 N–H and O–H groups in total. The second-order valence-corrected chi connectivity index (χ2v) is 3.37. The molecule has 0 radical (unpaired) electrons. The van der Waals surface area contributed by atoms with Gasteiger partial charge in [-0.2, -0.15) is 0 Å². The fraction of sp³-hybridized carbons (Fsp3) is 0.364. The molecular formula is C11H11NO3. The Labute approximate surface area is 87.3 Å². The number of fused-ring (bicyclic) bond motifs is 1. The van der Waals surface area contributed by atoms with E-state index in [9.17, 15) is 9.59 Å². The zero-order valence-electron chi connectivity index (χ0n) is 8.40. The number of ether oxygens (including phenoxy) is 1. The largest absolute Gasteiger partial charge is 0.465 e. The molecule has 1 heterocycles. The molecule has 78 valence electrons. The lowest BCUT2D eigenvalue weighted by molar-refractivity contribution is -0.145. The van der Waals surface area contributed by atoms with E-state index in [0.717, 1.165) is 0 Å². The topological polar surface area (TPSA) is 56.3 Å². The lowest BCUT2D eigenvalue weighted by atomic mass is 10.1. The summed E-state index contributed by atoms with van der Waals surface area (Å²) < 4.78 is 4.84. The summed E-state index contributed by atoms with van der Waals surface area (Å²) in [4.78, 5) is 27.3. The van der Waals surface area contributed by atoms with Gasteiger partial charge in [0.1, 0.15) is 5.92 Å². The number of nitrogens with zero attached hydrogens (tertiary/aromatic N) is 1. The van der Waals surface area contributed by atoms with Gasteiger partial charge in [0.2, 0.25) is 0 Å². The second-order valence-electron chi connectivity index (χ2n) is 3.37. The molecule has 4 nitrogen and oxygen atoms in total. The lowest BCUT2D eigenvalue weighted by Gasteiger charge is -2.05. The summed E-state index contributed by atoms with van der Waals surface area (Å²) in [6, 6.07) is 3.40. The van der Waals surface area contributed by atoms with Crippen LogP contribution in [0.2, 0.25) is 0 Å². The van der Waals surface area contributed by atoms with Gasteiger partial charge in [0.25, 0.3) is 0 Å². The van der Waals surface area contributed by atoms with Crippen molar-refractivity contribution in [3.8, 4) is 0 Å². The van der Waals surface area contributed by atoms with Gasteiger partial charge in [-0.1, -0.05) is 0 Å². The summed E-state index contributed by atoms with van der Waals surface area (Å²) in [5, 5.41) is 0. The Balaban J connectivity index is 2.24. The standard InChI is InChI=1S/C11H11NO3/c1-2-15-11(14)8-6-9-7(10(8)13)4-3-5-12-9/h3-5,8H,2,6H2,1H3/t8-/m0/s1. The van der Waals surface area contributed by atoms with E-state index in [-0.39, 0.29) is 5.78 Å². The van der Waals surface area contributed by atoms with Gasteiger partial charge in [-0.05, 0) is 19.1 Å². The van der Waals surface area contributed by atoms with E-state index in [1.807, 2.05) is 0 Å². The fourth-order valence-corrected chi connectivity index (χ4v) is 1.73. The molecular weight excluding hydrogens is 194 g/mol. The molecule has 0 fully saturated rings. The molecule has 0 saturated carbocycles. The lowest BCUT2D eigenvalue weighted by Crippen LogP contribution is -2.23. The van der Waals surface area contributed by atoms with E-state index >= 15 is 0 Å². The molecule has 1 aliphatic rings. The van der Waals surface area contributed by atoms with Crippen molar-refractivity contribution in [2.75, 3.05) is 6.61 Å². The summed E-state index contributed by atoms with van der Waals surface area (Å²) in [5.41, 5.74) is 1.25. The Bertz CT molecular complexity index is 414. The smallest absolute Gasteiger partial charge is 0.317 e. The third kappa shape index (κ3) is 1.63. The van der Waals surface area contributed by atoms with E-state index in [1.165, 1.54) is 0 Å². The van der Waals surface area contributed by atoms with Crippen molar-refractivity contribution in [1.82, 2.24) is 4.98 Å². The first-order chi connectivity index (χ1) is 7.24. The van der Waals surface area contributed by atoms with Gasteiger partial charge in [-0.15, -0.1) is 0 Å². The normalized spacial score (nSPS) is 18.7. The number of ketones is 1. The van der Waals surface area contributed by atoms with E-state index < -0.39 is 11.9 Å². The van der Waals surface area contributed by atoms with Crippen LogP contribution in [0.4, 0.5) is 0 Å². The number of esters is 1. The van der Waals surface area contributed by atoms with Crippen molar-refractivity contribution in [2.24, 2.45) is 5.92 Å². The number of rotatable bonds is 2. The molecule has 0 aliphatic heterocycles. The molecule has 0 aromatic carbocycles. The molecule has 0 amide bonds. The average Bonchev–Trinajstić information content (AvgIpc) is 2.57. The highest BCUT2D eigenvalue weighted by atomic mass is 16.5. The van der Waals surface area contributed by atoms with Gasteiger partial charge < -0.3 is 4.74 Å². The van der Waals surface area contributed by atoms with Crippen molar-refractivity contribution >= 4 is 11.8 Å². The zero-order chi connectivity index (χ0) is 10.8. The van der Waals surface area contributed by atoms with Crippen molar-refractivity contribution in [1.29, 1.82) is 0 Å². The van der Waals surface area contributed by atoms with Gasteiger partial charge in [-0.3, -0.25) is 14.6 Å². The Kier molecular flexibility index (Phi) is 2.49. The van der Waals surface area contributed by atoms with Crippen molar-refractivity contribution < 1.29 is 14.3 Å². The molecule has 15 heavy (non-hydrogen) atoms. The Morgan fingerprint density at radius 2 is 2.47 bits per heavy atom. The predicted molar refractivity (Wildman–Crippen MR) is 52.4 cm³/mol. The number of Topliss-reactive ketones (excluding diaryl/α,β-unsaturated/α-hetero) is 1. The monoisotopic (exact) mass is 205 g/mol. The fourth-order valence-electron chi connectivity index (χ4n) is 1.73. The minimum atomic E-state index is -0.685. The highest BCUT2D eigenvalue weighted by Crippen LogP contribution is 2.25. The molecule has 0 spiro atoms. The zero-order valence-corrected chi connectivity index (χ0v) is 8.40. The van der Waals surface area contributed by atoms with Crippen molar-refractivity contribution in [3.05, 3.63) is 29.6 Å². The second kappa shape index (κ2) is 3.81. The molecule has 1 aliphatic carbocycles. The van der Waals surface area contributed by atoms with Gasteiger partial charge in [-0.25, -0.2) is 0 Å². The van der Waals surface area contributed by atoms with Crippen LogP contribution < -0.4 is 0 Å². The third-order valence-corrected chi connectivity index (χ3v) is 2.44. The first kappa shape index (κ1) is 9.83. The maximum atomic E-state index is 11.8. The number of pyridine rings is 1. The van der Waals surface area contributed by atoms with Crippen LogP contribution >= 0.6 is 0 Å². The SMILES string of the molecule is CCOC(=O)[C@H]1Cc2ncccc2C1=O. The summed E-state index contributed by atoms with van der Waals surface area (Å²) in [7, 11) is 0. The van der Waals surface area contributed by atoms with Crippen molar-refractivity contribution in [3.63, 3.8) is 0 Å². The van der Waals surface area contributed by atoms with Crippen molar-refractivity contribution in [2.45, 2.75) is 13.3 Å². The molecule has 0 bridgehead atoms. The quantitative estimate of drug-likeness (QED) is 0.534. The van der Waals surface area contributed by atoms with Crippen LogP contribution in [-0.2, 0) is 16.0 Å². The average molecular weight is 205 g/mol. The molecule has 4 heteroatoms. The summed E-state index contributed by atoms with van der Waals surface area (Å²) in [6.07, 6.45) is 1.99. The van der Waals surface area contributed by atoms with Gasteiger partial charge in [0.15, 0.2) is 5.78 Å². The van der Waals surface area contributed by atoms with Crippen LogP contribution in [0.25, 0.3) is 0 Å². The minimum absolute atomic E-state index is 0.170. The molecule has 0 saturated heterocycles. The number of aromatic nitrogens is 1. The van der Waals surface area contributed by atoms with Crippen LogP contribution in [0.1, 0.15) is 23.0 Å². The highest BCUT2D eigenvalue weighted by molar-refractivity contribution is 6.11. The molecule has 0 unspecified atom stereocenters. The Morgan fingerprint density at radius 3 is 3.13 bits per heavy atom. The Hall–Kier alpha value is -1.71. The summed E-state index contributed by atoms with van der Waals surface area (Å²) in [6.45, 7) is 2.02. The van der Waals surface area contributed by atoms with E-state index in [0.29, 0.717) is 24.3 Å². The maximum absolute atomic E-state index is 11.8. The number of hydrogen-bond acceptors (Lipinski definition) is 4. The van der Waals surface area contributed by atoms with E-state index in [4.69, 9.17) is 4.74 Å². The minimum Gasteiger partial charge on any atom is -0.465 e. The first-order valence-corrected chi connectivity index (χ1v) is 4.88. The van der Waals surface area contributed by atoms with Crippen LogP contribution in [0.3, 0.4) is 0 Å². The van der Waals surface area contributed by atoms with E-state index in [1.54, 1.807) is 25.3 Å². The third-order valence-electron chi connectivity index (χ3n) is 2.44. The number of carbonyl (C=O) groups is 2. The first-order valence-electron chi connectivity index (χ1n) is 4.88. The van der Waals surface area contributed by atoms with Crippen LogP contribution in [0, 0.1) is 5.92 Å². The van der Waals surface area contributed by atoms with Gasteiger partial charge >= 0.3 is 5.97 Å². The van der Waals surface area contributed by atoms with Crippen LogP contribution in [0.5, 0.6) is 0 Å². The summed E-state index contributed by atoms with van der Waals surface area (Å²) >= 11 is 0. The van der Waals surface area contributed by atoms with Gasteiger partial charge in [0, 0.05) is 18.2 Å². The van der Waals surface area contributed by atoms with E-state index in [2.05, 4.69) is 4.98 Å². The molecule has 1 aromatic rings. The van der Waals surface area contributed by atoms with Crippen LogP contribution in [0.15, 0.2) is 18.3 Å².